The molecule has 0 atom stereocenters. The van der Waals surface area contributed by atoms with Crippen LogP contribution >= 0.6 is 0 Å². The van der Waals surface area contributed by atoms with Gasteiger partial charge in [0.25, 0.3) is 0 Å². The van der Waals surface area contributed by atoms with Crippen molar-refractivity contribution in [3.05, 3.63) is 48.0 Å². The molecule has 1 heterocycles. The first-order valence-electron chi connectivity index (χ1n) is 8.26. The summed E-state index contributed by atoms with van der Waals surface area (Å²) in [7, 11) is 0. The van der Waals surface area contributed by atoms with Crippen LogP contribution in [0.5, 0.6) is 0 Å². The molecule has 1 fully saturated rings. The van der Waals surface area contributed by atoms with Crippen LogP contribution in [0.4, 0.5) is 10.1 Å². The summed E-state index contributed by atoms with van der Waals surface area (Å²) in [6, 6.07) is 6.44. The molecule has 4 nitrogen and oxygen atoms in total. The van der Waals surface area contributed by atoms with Crippen LogP contribution in [-0.2, 0) is 11.3 Å². The van der Waals surface area contributed by atoms with Crippen molar-refractivity contribution >= 4 is 11.6 Å². The molecule has 23 heavy (non-hydrogen) atoms. The van der Waals surface area contributed by atoms with Gasteiger partial charge in [0.15, 0.2) is 0 Å². The Kier molecular flexibility index (Phi) is 5.05. The van der Waals surface area contributed by atoms with Gasteiger partial charge in [0.2, 0.25) is 5.91 Å². The number of halogens is 1. The van der Waals surface area contributed by atoms with Crippen LogP contribution in [0.2, 0.25) is 0 Å². The van der Waals surface area contributed by atoms with Gasteiger partial charge in [-0.25, -0.2) is 4.39 Å². The third-order valence-corrected chi connectivity index (χ3v) is 4.40. The van der Waals surface area contributed by atoms with Crippen molar-refractivity contribution in [2.45, 2.75) is 45.1 Å². The van der Waals surface area contributed by atoms with Crippen molar-refractivity contribution in [2.75, 3.05) is 5.32 Å². The molecule has 3 rings (SSSR count). The minimum atomic E-state index is -0.255. The molecule has 1 N–H and O–H groups in total. The summed E-state index contributed by atoms with van der Waals surface area (Å²) in [4.78, 5) is 12.0. The molecule has 0 spiro atoms. The average Bonchev–Trinajstić information content (AvgIpc) is 3.17. The zero-order valence-electron chi connectivity index (χ0n) is 13.2. The fourth-order valence-electron chi connectivity index (χ4n) is 3.19. The van der Waals surface area contributed by atoms with Gasteiger partial charge >= 0.3 is 0 Å². The zero-order chi connectivity index (χ0) is 16.1. The Balaban J connectivity index is 1.49. The second-order valence-electron chi connectivity index (χ2n) is 6.29. The van der Waals surface area contributed by atoms with E-state index in [2.05, 4.69) is 10.4 Å². The lowest BCUT2D eigenvalue weighted by molar-refractivity contribution is -0.116. The van der Waals surface area contributed by atoms with Crippen LogP contribution in [0.25, 0.3) is 0 Å². The highest BCUT2D eigenvalue weighted by molar-refractivity contribution is 5.90. The van der Waals surface area contributed by atoms with Crippen molar-refractivity contribution in [1.29, 1.82) is 0 Å². The Morgan fingerprint density at radius 2 is 2.17 bits per heavy atom. The van der Waals surface area contributed by atoms with Crippen molar-refractivity contribution in [1.82, 2.24) is 9.78 Å². The quantitative estimate of drug-likeness (QED) is 0.876. The highest BCUT2D eigenvalue weighted by atomic mass is 19.1. The molecule has 1 saturated carbocycles. The van der Waals surface area contributed by atoms with E-state index in [1.807, 2.05) is 6.07 Å². The highest BCUT2D eigenvalue weighted by Gasteiger charge is 2.16. The van der Waals surface area contributed by atoms with Gasteiger partial charge in [-0.1, -0.05) is 37.8 Å². The van der Waals surface area contributed by atoms with Crippen LogP contribution in [0.1, 0.15) is 44.1 Å². The van der Waals surface area contributed by atoms with Crippen molar-refractivity contribution < 1.29 is 9.18 Å². The normalized spacial score (nSPS) is 15.0. The first kappa shape index (κ1) is 15.7. The van der Waals surface area contributed by atoms with Gasteiger partial charge in [0, 0.05) is 12.6 Å². The summed E-state index contributed by atoms with van der Waals surface area (Å²) >= 11 is 0. The zero-order valence-corrected chi connectivity index (χ0v) is 13.2. The fourth-order valence-corrected chi connectivity index (χ4v) is 3.19. The molecule has 0 saturated heterocycles. The molecular weight excluding hydrogens is 293 g/mol. The lowest BCUT2D eigenvalue weighted by atomic mass is 10.0. The van der Waals surface area contributed by atoms with Crippen LogP contribution in [0.15, 0.2) is 36.7 Å². The van der Waals surface area contributed by atoms with Gasteiger partial charge < -0.3 is 5.32 Å². The van der Waals surface area contributed by atoms with Gasteiger partial charge in [-0.05, 0) is 30.0 Å². The van der Waals surface area contributed by atoms with Gasteiger partial charge in [-0.3, -0.25) is 9.48 Å². The number of carbonyl (C=O) groups is 1. The first-order valence-corrected chi connectivity index (χ1v) is 8.26. The summed E-state index contributed by atoms with van der Waals surface area (Å²) in [5, 5.41) is 7.10. The molecule has 5 heteroatoms. The second-order valence-corrected chi connectivity index (χ2v) is 6.29. The maximum absolute atomic E-state index is 13.2. The minimum absolute atomic E-state index is 0.0437. The summed E-state index contributed by atoms with van der Waals surface area (Å²) in [5.74, 6) is 0.508. The maximum Gasteiger partial charge on any atom is 0.224 e. The van der Waals surface area contributed by atoms with E-state index in [0.717, 1.165) is 17.9 Å². The maximum atomic E-state index is 13.2. The molecule has 1 aromatic carbocycles. The van der Waals surface area contributed by atoms with E-state index in [1.54, 1.807) is 23.1 Å². The summed E-state index contributed by atoms with van der Waals surface area (Å²) in [5.41, 5.74) is 1.53. The standard InChI is InChI=1S/C18H22FN3O/c19-16-7-3-6-15(10-16)12-22-13-17(11-20-22)21-18(23)9-8-14-4-1-2-5-14/h3,6-7,10-11,13-14H,1-2,4-5,8-9,12H2,(H,21,23). The van der Waals surface area contributed by atoms with Gasteiger partial charge in [-0.15, -0.1) is 0 Å². The number of nitrogens with zero attached hydrogens (tertiary/aromatic N) is 2. The molecule has 1 aliphatic carbocycles. The monoisotopic (exact) mass is 315 g/mol. The van der Waals surface area contributed by atoms with Crippen LogP contribution in [-0.4, -0.2) is 15.7 Å². The first-order chi connectivity index (χ1) is 11.2. The summed E-state index contributed by atoms with van der Waals surface area (Å²) in [6.07, 6.45) is 10.1. The van der Waals surface area contributed by atoms with Gasteiger partial charge in [0.05, 0.1) is 18.4 Å². The van der Waals surface area contributed by atoms with E-state index in [4.69, 9.17) is 0 Å². The fraction of sp³-hybridized carbons (Fsp3) is 0.444. The Morgan fingerprint density at radius 3 is 2.96 bits per heavy atom. The Labute approximate surface area is 135 Å². The Morgan fingerprint density at radius 1 is 1.35 bits per heavy atom. The Hall–Kier alpha value is -2.17. The van der Waals surface area contributed by atoms with Crippen LogP contribution < -0.4 is 5.32 Å². The molecule has 1 aliphatic rings. The molecule has 0 unspecified atom stereocenters. The van der Waals surface area contributed by atoms with Crippen molar-refractivity contribution in [2.24, 2.45) is 5.92 Å². The largest absolute Gasteiger partial charge is 0.323 e. The number of nitrogens with one attached hydrogen (secondary N) is 1. The number of aromatic nitrogens is 2. The molecule has 0 radical (unpaired) electrons. The number of amides is 1. The lowest BCUT2D eigenvalue weighted by Crippen LogP contribution is -2.12. The predicted octanol–water partition coefficient (Wildman–Crippen LogP) is 3.98. The predicted molar refractivity (Wildman–Crippen MR) is 87.6 cm³/mol. The SMILES string of the molecule is O=C(CCC1CCCC1)Nc1cnn(Cc2cccc(F)c2)c1. The highest BCUT2D eigenvalue weighted by Crippen LogP contribution is 2.28. The van der Waals surface area contributed by atoms with E-state index < -0.39 is 0 Å². The lowest BCUT2D eigenvalue weighted by Gasteiger charge is -2.08. The number of carbonyl (C=O) groups excluding carboxylic acids is 1. The summed E-state index contributed by atoms with van der Waals surface area (Å²) in [6.45, 7) is 0.482. The van der Waals surface area contributed by atoms with Crippen LogP contribution in [0.3, 0.4) is 0 Å². The smallest absolute Gasteiger partial charge is 0.224 e. The summed E-state index contributed by atoms with van der Waals surface area (Å²) < 4.78 is 14.9. The third-order valence-electron chi connectivity index (χ3n) is 4.40. The molecular formula is C18H22FN3O. The number of rotatable bonds is 6. The second kappa shape index (κ2) is 7.40. The average molecular weight is 315 g/mol. The number of hydrogen-bond donors (Lipinski definition) is 1. The van der Waals surface area contributed by atoms with Crippen molar-refractivity contribution in [3.8, 4) is 0 Å². The van der Waals surface area contributed by atoms with E-state index in [-0.39, 0.29) is 11.7 Å². The Bertz CT molecular complexity index is 662. The minimum Gasteiger partial charge on any atom is -0.323 e. The van der Waals surface area contributed by atoms with Crippen molar-refractivity contribution in [3.63, 3.8) is 0 Å². The molecule has 1 aromatic heterocycles. The van der Waals surface area contributed by atoms with E-state index in [1.165, 1.54) is 37.8 Å². The van der Waals surface area contributed by atoms with E-state index in [9.17, 15) is 9.18 Å². The van der Waals surface area contributed by atoms with E-state index in [0.29, 0.717) is 18.7 Å². The van der Waals surface area contributed by atoms with Gasteiger partial charge in [-0.2, -0.15) is 5.10 Å². The topological polar surface area (TPSA) is 46.9 Å². The molecule has 0 aliphatic heterocycles. The number of anilines is 1. The third kappa shape index (κ3) is 4.65. The van der Waals surface area contributed by atoms with Gasteiger partial charge in [0.1, 0.15) is 5.82 Å². The number of hydrogen-bond acceptors (Lipinski definition) is 2. The molecule has 1 amide bonds. The van der Waals surface area contributed by atoms with E-state index >= 15 is 0 Å². The van der Waals surface area contributed by atoms with Crippen LogP contribution in [0, 0.1) is 11.7 Å². The molecule has 122 valence electrons. The molecule has 2 aromatic rings. The number of benzene rings is 1. The molecule has 0 bridgehead atoms.